The highest BCUT2D eigenvalue weighted by molar-refractivity contribution is 5.80. The summed E-state index contributed by atoms with van der Waals surface area (Å²) in [5.74, 6) is 1.46. The number of nitrogens with zero attached hydrogens (tertiary/aromatic N) is 1. The Kier molecular flexibility index (Phi) is 7.13. The lowest BCUT2D eigenvalue weighted by Gasteiger charge is -2.35. The Morgan fingerprint density at radius 2 is 1.70 bits per heavy atom. The standard InChI is InChI=1S/C22H32N2O3/c1-2-27-20-10-8-17(9-11-20)16-21(25)23-19-12-14-24(15-13-19)22(26)18-6-4-3-5-7-18/h8-11,18-19H,2-7,12-16H2,1H3,(H,23,25). The molecule has 3 rings (SSSR count). The highest BCUT2D eigenvalue weighted by Crippen LogP contribution is 2.26. The summed E-state index contributed by atoms with van der Waals surface area (Å²) in [5.41, 5.74) is 0.987. The number of hydrogen-bond donors (Lipinski definition) is 1. The molecule has 1 aromatic rings. The van der Waals surface area contributed by atoms with Crippen LogP contribution in [0.1, 0.15) is 57.4 Å². The smallest absolute Gasteiger partial charge is 0.225 e. The number of nitrogens with one attached hydrogen (secondary N) is 1. The predicted molar refractivity (Wildman–Crippen MR) is 106 cm³/mol. The highest BCUT2D eigenvalue weighted by atomic mass is 16.5. The molecule has 0 radical (unpaired) electrons. The van der Waals surface area contributed by atoms with Crippen LogP contribution < -0.4 is 10.1 Å². The average Bonchev–Trinajstić information content (AvgIpc) is 2.70. The summed E-state index contributed by atoms with van der Waals surface area (Å²) in [5, 5.41) is 3.14. The van der Waals surface area contributed by atoms with Crippen molar-refractivity contribution in [2.24, 2.45) is 5.92 Å². The number of carbonyl (C=O) groups is 2. The van der Waals surface area contributed by atoms with Crippen molar-refractivity contribution in [1.82, 2.24) is 10.2 Å². The Hall–Kier alpha value is -2.04. The minimum Gasteiger partial charge on any atom is -0.494 e. The normalized spacial score (nSPS) is 18.9. The molecular formula is C22H32N2O3. The highest BCUT2D eigenvalue weighted by Gasteiger charge is 2.29. The lowest BCUT2D eigenvalue weighted by molar-refractivity contribution is -0.137. The molecule has 2 aliphatic rings. The fourth-order valence-corrected chi connectivity index (χ4v) is 4.19. The Balaban J connectivity index is 1.40. The first-order chi connectivity index (χ1) is 13.2. The number of hydrogen-bond acceptors (Lipinski definition) is 3. The van der Waals surface area contributed by atoms with E-state index in [2.05, 4.69) is 5.32 Å². The van der Waals surface area contributed by atoms with Gasteiger partial charge in [0, 0.05) is 25.0 Å². The first kappa shape index (κ1) is 19.7. The van der Waals surface area contributed by atoms with Crippen LogP contribution in [0, 0.1) is 5.92 Å². The van der Waals surface area contributed by atoms with Crippen LogP contribution in [0.4, 0.5) is 0 Å². The molecule has 1 saturated heterocycles. The Morgan fingerprint density at radius 3 is 2.33 bits per heavy atom. The van der Waals surface area contributed by atoms with Gasteiger partial charge in [0.15, 0.2) is 0 Å². The van der Waals surface area contributed by atoms with E-state index in [1.54, 1.807) is 0 Å². The van der Waals surface area contributed by atoms with E-state index in [1.165, 1.54) is 19.3 Å². The zero-order chi connectivity index (χ0) is 19.1. The summed E-state index contributed by atoms with van der Waals surface area (Å²) in [4.78, 5) is 27.0. The predicted octanol–water partition coefficient (Wildman–Crippen LogP) is 3.32. The van der Waals surface area contributed by atoms with Crippen LogP contribution in [0.25, 0.3) is 0 Å². The van der Waals surface area contributed by atoms with Gasteiger partial charge < -0.3 is 15.0 Å². The van der Waals surface area contributed by atoms with Crippen LogP contribution in [-0.4, -0.2) is 42.5 Å². The molecule has 1 aliphatic carbocycles. The van der Waals surface area contributed by atoms with Crippen molar-refractivity contribution < 1.29 is 14.3 Å². The van der Waals surface area contributed by atoms with Crippen LogP contribution >= 0.6 is 0 Å². The molecule has 1 heterocycles. The van der Waals surface area contributed by atoms with E-state index in [4.69, 9.17) is 4.74 Å². The van der Waals surface area contributed by atoms with E-state index >= 15 is 0 Å². The molecule has 1 aromatic carbocycles. The van der Waals surface area contributed by atoms with Gasteiger partial charge in [-0.2, -0.15) is 0 Å². The number of carbonyl (C=O) groups excluding carboxylic acids is 2. The van der Waals surface area contributed by atoms with E-state index in [0.717, 1.165) is 50.1 Å². The molecular weight excluding hydrogens is 340 g/mol. The molecule has 1 aliphatic heterocycles. The molecule has 2 fully saturated rings. The zero-order valence-corrected chi connectivity index (χ0v) is 16.4. The number of ether oxygens (including phenoxy) is 1. The third-order valence-electron chi connectivity index (χ3n) is 5.73. The largest absolute Gasteiger partial charge is 0.494 e. The molecule has 0 unspecified atom stereocenters. The van der Waals surface area contributed by atoms with E-state index < -0.39 is 0 Å². The maximum Gasteiger partial charge on any atom is 0.225 e. The van der Waals surface area contributed by atoms with Crippen molar-refractivity contribution >= 4 is 11.8 Å². The van der Waals surface area contributed by atoms with Crippen molar-refractivity contribution in [1.29, 1.82) is 0 Å². The number of likely N-dealkylation sites (tertiary alicyclic amines) is 1. The van der Waals surface area contributed by atoms with Gasteiger partial charge >= 0.3 is 0 Å². The maximum absolute atomic E-state index is 12.6. The Bertz CT molecular complexity index is 615. The van der Waals surface area contributed by atoms with Crippen molar-refractivity contribution in [3.05, 3.63) is 29.8 Å². The van der Waals surface area contributed by atoms with Crippen LogP contribution in [-0.2, 0) is 16.0 Å². The number of rotatable bonds is 6. The van der Waals surface area contributed by atoms with Crippen LogP contribution in [0.2, 0.25) is 0 Å². The zero-order valence-electron chi connectivity index (χ0n) is 16.4. The molecule has 0 bridgehead atoms. The Morgan fingerprint density at radius 1 is 1.04 bits per heavy atom. The summed E-state index contributed by atoms with van der Waals surface area (Å²) >= 11 is 0. The number of benzene rings is 1. The van der Waals surface area contributed by atoms with Gasteiger partial charge in [0.1, 0.15) is 5.75 Å². The third-order valence-corrected chi connectivity index (χ3v) is 5.73. The lowest BCUT2D eigenvalue weighted by Crippen LogP contribution is -2.48. The molecule has 0 atom stereocenters. The van der Waals surface area contributed by atoms with Gasteiger partial charge in [-0.15, -0.1) is 0 Å². The summed E-state index contributed by atoms with van der Waals surface area (Å²) < 4.78 is 5.43. The fourth-order valence-electron chi connectivity index (χ4n) is 4.19. The van der Waals surface area contributed by atoms with Gasteiger partial charge in [-0.25, -0.2) is 0 Å². The monoisotopic (exact) mass is 372 g/mol. The van der Waals surface area contributed by atoms with Gasteiger partial charge in [0.05, 0.1) is 13.0 Å². The van der Waals surface area contributed by atoms with Crippen LogP contribution in [0.15, 0.2) is 24.3 Å². The molecule has 1 N–H and O–H groups in total. The topological polar surface area (TPSA) is 58.6 Å². The van der Waals surface area contributed by atoms with Gasteiger partial charge in [0.25, 0.3) is 0 Å². The minimum atomic E-state index is 0.0521. The average molecular weight is 373 g/mol. The van der Waals surface area contributed by atoms with Gasteiger partial charge in [-0.1, -0.05) is 31.4 Å². The molecule has 0 spiro atoms. The number of piperidine rings is 1. The molecule has 2 amide bonds. The van der Waals surface area contributed by atoms with E-state index in [1.807, 2.05) is 36.1 Å². The SMILES string of the molecule is CCOc1ccc(CC(=O)NC2CCN(C(=O)C3CCCCC3)CC2)cc1. The minimum absolute atomic E-state index is 0.0521. The van der Waals surface area contributed by atoms with Gasteiger partial charge in [-0.3, -0.25) is 9.59 Å². The molecule has 5 nitrogen and oxygen atoms in total. The first-order valence-corrected chi connectivity index (χ1v) is 10.5. The summed E-state index contributed by atoms with van der Waals surface area (Å²) in [7, 11) is 0. The Labute approximate surface area is 162 Å². The molecule has 0 aromatic heterocycles. The molecule has 1 saturated carbocycles. The second-order valence-corrected chi connectivity index (χ2v) is 7.76. The second-order valence-electron chi connectivity index (χ2n) is 7.76. The quantitative estimate of drug-likeness (QED) is 0.833. The van der Waals surface area contributed by atoms with Crippen molar-refractivity contribution in [2.45, 2.75) is 64.3 Å². The van der Waals surface area contributed by atoms with Crippen molar-refractivity contribution in [2.75, 3.05) is 19.7 Å². The second kappa shape index (κ2) is 9.77. The van der Waals surface area contributed by atoms with E-state index in [0.29, 0.717) is 18.9 Å². The van der Waals surface area contributed by atoms with Gasteiger partial charge in [0.2, 0.25) is 11.8 Å². The molecule has 5 heteroatoms. The van der Waals surface area contributed by atoms with Gasteiger partial charge in [-0.05, 0) is 50.3 Å². The lowest BCUT2D eigenvalue weighted by atomic mass is 9.87. The van der Waals surface area contributed by atoms with E-state index in [-0.39, 0.29) is 17.9 Å². The molecule has 27 heavy (non-hydrogen) atoms. The fraction of sp³-hybridized carbons (Fsp3) is 0.636. The number of amides is 2. The summed E-state index contributed by atoms with van der Waals surface area (Å²) in [6.07, 6.45) is 7.85. The third kappa shape index (κ3) is 5.72. The molecule has 148 valence electrons. The van der Waals surface area contributed by atoms with Crippen LogP contribution in [0.3, 0.4) is 0 Å². The summed E-state index contributed by atoms with van der Waals surface area (Å²) in [6.45, 7) is 4.13. The maximum atomic E-state index is 12.6. The van der Waals surface area contributed by atoms with Crippen molar-refractivity contribution in [3.63, 3.8) is 0 Å². The van der Waals surface area contributed by atoms with Crippen LogP contribution in [0.5, 0.6) is 5.75 Å². The summed E-state index contributed by atoms with van der Waals surface area (Å²) in [6, 6.07) is 7.87. The first-order valence-electron chi connectivity index (χ1n) is 10.5. The van der Waals surface area contributed by atoms with Crippen molar-refractivity contribution in [3.8, 4) is 5.75 Å². The van der Waals surface area contributed by atoms with E-state index in [9.17, 15) is 9.59 Å².